The average Bonchev–Trinajstić information content (AvgIpc) is 3.23. The van der Waals surface area contributed by atoms with E-state index in [0.29, 0.717) is 0 Å². The largest absolute Gasteiger partial charge is 0.481 e. The van der Waals surface area contributed by atoms with Crippen LogP contribution in [-0.2, 0) is 20.9 Å². The van der Waals surface area contributed by atoms with Crippen LogP contribution in [0.2, 0.25) is 0 Å². The number of aliphatic carboxylic acids is 1. The summed E-state index contributed by atoms with van der Waals surface area (Å²) in [6.45, 7) is 0.278. The zero-order valence-electron chi connectivity index (χ0n) is 20.3. The van der Waals surface area contributed by atoms with E-state index in [0.717, 1.165) is 27.8 Å². The molecule has 0 radical (unpaired) electrons. The van der Waals surface area contributed by atoms with E-state index >= 15 is 0 Å². The number of carboxylic acid groups (broad SMARTS) is 1. The minimum atomic E-state index is -1.04. The van der Waals surface area contributed by atoms with Gasteiger partial charge in [-0.1, -0.05) is 78.9 Å². The molecule has 3 aromatic rings. The quantitative estimate of drug-likeness (QED) is 0.405. The van der Waals surface area contributed by atoms with Gasteiger partial charge in [0.15, 0.2) is 0 Å². The van der Waals surface area contributed by atoms with Gasteiger partial charge in [-0.15, -0.1) is 12.3 Å². The van der Waals surface area contributed by atoms with E-state index in [1.807, 2.05) is 78.9 Å². The highest BCUT2D eigenvalue weighted by Crippen LogP contribution is 2.44. The van der Waals surface area contributed by atoms with Crippen LogP contribution in [-0.4, -0.2) is 47.2 Å². The second kappa shape index (κ2) is 11.9. The Morgan fingerprint density at radius 1 is 0.946 bits per heavy atom. The standard InChI is InChI=1S/C30H28N2O5/c1-2-10-27(29(35)32(18-17-28(33)34)19-21-11-4-3-5-12-21)31-30(36)37-20-26-24-15-8-6-13-22(24)23-14-7-9-16-25(23)26/h1,3-9,11-16,26-27H,10,17-20H2,(H,31,36)(H,33,34). The van der Waals surface area contributed by atoms with Gasteiger partial charge in [0, 0.05) is 25.4 Å². The smallest absolute Gasteiger partial charge is 0.407 e. The minimum absolute atomic E-state index is 0.0174. The number of alkyl carbamates (subject to hydrolysis) is 1. The topological polar surface area (TPSA) is 95.9 Å². The van der Waals surface area contributed by atoms with Gasteiger partial charge in [0.25, 0.3) is 0 Å². The number of nitrogens with one attached hydrogen (secondary N) is 1. The molecule has 1 aliphatic rings. The van der Waals surface area contributed by atoms with Gasteiger partial charge in [-0.25, -0.2) is 4.79 Å². The predicted octanol–water partition coefficient (Wildman–Crippen LogP) is 4.42. The summed E-state index contributed by atoms with van der Waals surface area (Å²) in [5.41, 5.74) is 5.22. The molecule has 0 saturated heterocycles. The third-order valence-corrected chi connectivity index (χ3v) is 6.38. The number of nitrogens with zero attached hydrogens (tertiary/aromatic N) is 1. The summed E-state index contributed by atoms with van der Waals surface area (Å²) in [6.07, 6.45) is 4.45. The number of hydrogen-bond donors (Lipinski definition) is 2. The van der Waals surface area contributed by atoms with Crippen LogP contribution in [0.1, 0.15) is 35.4 Å². The summed E-state index contributed by atoms with van der Waals surface area (Å²) in [7, 11) is 0. The molecule has 0 heterocycles. The Balaban J connectivity index is 1.44. The van der Waals surface area contributed by atoms with Crippen molar-refractivity contribution in [1.29, 1.82) is 0 Å². The number of carbonyl (C=O) groups is 3. The highest BCUT2D eigenvalue weighted by Gasteiger charge is 2.30. The molecule has 0 fully saturated rings. The molecule has 7 nitrogen and oxygen atoms in total. The number of benzene rings is 3. The van der Waals surface area contributed by atoms with Gasteiger partial charge in [0.1, 0.15) is 12.6 Å². The summed E-state index contributed by atoms with van der Waals surface area (Å²) in [6, 6.07) is 24.2. The first kappa shape index (κ1) is 25.5. The number of terminal acetylenes is 1. The Morgan fingerprint density at radius 2 is 1.54 bits per heavy atom. The number of amides is 2. The number of ether oxygens (including phenoxy) is 1. The number of hydrogen-bond acceptors (Lipinski definition) is 4. The molecular weight excluding hydrogens is 468 g/mol. The molecule has 2 amide bonds. The van der Waals surface area contributed by atoms with E-state index in [4.69, 9.17) is 16.3 Å². The lowest BCUT2D eigenvalue weighted by Gasteiger charge is -2.27. The van der Waals surface area contributed by atoms with E-state index in [9.17, 15) is 14.4 Å². The van der Waals surface area contributed by atoms with Crippen LogP contribution in [0.15, 0.2) is 78.9 Å². The van der Waals surface area contributed by atoms with Crippen LogP contribution in [0.3, 0.4) is 0 Å². The van der Waals surface area contributed by atoms with Gasteiger partial charge in [0.05, 0.1) is 6.42 Å². The summed E-state index contributed by atoms with van der Waals surface area (Å²) in [5.74, 6) is 0.821. The van der Waals surface area contributed by atoms with E-state index < -0.39 is 24.0 Å². The Hall–Kier alpha value is -4.57. The molecule has 37 heavy (non-hydrogen) atoms. The Labute approximate surface area is 216 Å². The lowest BCUT2D eigenvalue weighted by molar-refractivity contribution is -0.139. The molecule has 3 aromatic carbocycles. The highest BCUT2D eigenvalue weighted by molar-refractivity contribution is 5.86. The van der Waals surface area contributed by atoms with Crippen molar-refractivity contribution in [3.63, 3.8) is 0 Å². The third kappa shape index (κ3) is 6.17. The monoisotopic (exact) mass is 496 g/mol. The van der Waals surface area contributed by atoms with Crippen LogP contribution in [0.5, 0.6) is 0 Å². The maximum absolute atomic E-state index is 13.3. The minimum Gasteiger partial charge on any atom is -0.481 e. The molecule has 0 bridgehead atoms. The lowest BCUT2D eigenvalue weighted by Crippen LogP contribution is -2.49. The molecule has 2 N–H and O–H groups in total. The molecule has 188 valence electrons. The number of carboxylic acids is 1. The molecule has 1 unspecified atom stereocenters. The van der Waals surface area contributed by atoms with Crippen molar-refractivity contribution in [3.05, 3.63) is 95.6 Å². The van der Waals surface area contributed by atoms with Gasteiger partial charge >= 0.3 is 12.1 Å². The Kier molecular flexibility index (Phi) is 8.22. The van der Waals surface area contributed by atoms with Gasteiger partial charge in [-0.2, -0.15) is 0 Å². The number of carbonyl (C=O) groups excluding carboxylic acids is 2. The van der Waals surface area contributed by atoms with Crippen molar-refractivity contribution in [2.75, 3.05) is 13.2 Å². The lowest BCUT2D eigenvalue weighted by atomic mass is 9.98. The number of rotatable bonds is 10. The van der Waals surface area contributed by atoms with Crippen molar-refractivity contribution >= 4 is 18.0 Å². The highest BCUT2D eigenvalue weighted by atomic mass is 16.5. The Morgan fingerprint density at radius 3 is 2.14 bits per heavy atom. The number of fused-ring (bicyclic) bond motifs is 3. The van der Waals surface area contributed by atoms with Crippen LogP contribution in [0.4, 0.5) is 4.79 Å². The van der Waals surface area contributed by atoms with Crippen LogP contribution in [0, 0.1) is 12.3 Å². The first-order valence-corrected chi connectivity index (χ1v) is 12.1. The normalized spacial score (nSPS) is 12.5. The van der Waals surface area contributed by atoms with E-state index in [-0.39, 0.29) is 38.5 Å². The summed E-state index contributed by atoms with van der Waals surface area (Å²) < 4.78 is 5.58. The second-order valence-electron chi connectivity index (χ2n) is 8.82. The van der Waals surface area contributed by atoms with Crippen molar-refractivity contribution in [2.24, 2.45) is 0 Å². The van der Waals surface area contributed by atoms with E-state index in [1.54, 1.807) is 0 Å². The van der Waals surface area contributed by atoms with E-state index in [1.165, 1.54) is 4.90 Å². The van der Waals surface area contributed by atoms with Crippen LogP contribution >= 0.6 is 0 Å². The van der Waals surface area contributed by atoms with Gasteiger partial charge in [-0.3, -0.25) is 9.59 Å². The van der Waals surface area contributed by atoms with Crippen LogP contribution < -0.4 is 5.32 Å². The van der Waals surface area contributed by atoms with Crippen molar-refractivity contribution in [3.8, 4) is 23.5 Å². The Bertz CT molecular complexity index is 1270. The van der Waals surface area contributed by atoms with Crippen molar-refractivity contribution in [1.82, 2.24) is 10.2 Å². The SMILES string of the molecule is C#CCC(NC(=O)OCC1c2ccccc2-c2ccccc21)C(=O)N(CCC(=O)O)Cc1ccccc1. The molecule has 1 aliphatic carbocycles. The summed E-state index contributed by atoms with van der Waals surface area (Å²) >= 11 is 0. The molecular formula is C30H28N2O5. The summed E-state index contributed by atoms with van der Waals surface area (Å²) in [5, 5.41) is 11.8. The van der Waals surface area contributed by atoms with Crippen molar-refractivity contribution < 1.29 is 24.2 Å². The zero-order valence-corrected chi connectivity index (χ0v) is 20.3. The zero-order chi connectivity index (χ0) is 26.2. The maximum atomic E-state index is 13.3. The maximum Gasteiger partial charge on any atom is 0.407 e. The third-order valence-electron chi connectivity index (χ3n) is 6.38. The van der Waals surface area contributed by atoms with Gasteiger partial charge < -0.3 is 20.1 Å². The van der Waals surface area contributed by atoms with Crippen molar-refractivity contribution in [2.45, 2.75) is 31.3 Å². The van der Waals surface area contributed by atoms with Crippen LogP contribution in [0.25, 0.3) is 11.1 Å². The fraction of sp³-hybridized carbons (Fsp3) is 0.233. The van der Waals surface area contributed by atoms with Gasteiger partial charge in [-0.05, 0) is 27.8 Å². The first-order valence-electron chi connectivity index (χ1n) is 12.1. The molecule has 0 spiro atoms. The first-order chi connectivity index (χ1) is 18.0. The molecule has 4 rings (SSSR count). The molecule has 0 aromatic heterocycles. The molecule has 0 saturated carbocycles. The van der Waals surface area contributed by atoms with Gasteiger partial charge in [0.2, 0.25) is 5.91 Å². The average molecular weight is 497 g/mol. The second-order valence-corrected chi connectivity index (χ2v) is 8.82. The fourth-order valence-corrected chi connectivity index (χ4v) is 4.62. The molecule has 1 atom stereocenters. The summed E-state index contributed by atoms with van der Waals surface area (Å²) in [4.78, 5) is 38.7. The fourth-order valence-electron chi connectivity index (χ4n) is 4.62. The van der Waals surface area contributed by atoms with E-state index in [2.05, 4.69) is 11.2 Å². The molecule has 0 aliphatic heterocycles. The predicted molar refractivity (Wildman–Crippen MR) is 140 cm³/mol. The molecule has 7 heteroatoms.